The van der Waals surface area contributed by atoms with Crippen LogP contribution in [0.3, 0.4) is 0 Å². The van der Waals surface area contributed by atoms with Crippen LogP contribution >= 0.6 is 23.8 Å². The summed E-state index contributed by atoms with van der Waals surface area (Å²) in [5.74, 6) is -1.40. The SMILES string of the molecule is CCc1nc(OC[C@@H]2CCCN2C)nc(N(CCC(C=S)C(=O)/C(F)=C\CN(C)C)C[C@@H](C)CC#N)c1CCCCc1cccc2cccc(Cl)c12. The average molecular weight is 749 g/mol. The van der Waals surface area contributed by atoms with Gasteiger partial charge in [0.15, 0.2) is 11.6 Å². The lowest BCUT2D eigenvalue weighted by molar-refractivity contribution is -0.118. The Bertz CT molecular complexity index is 1720. The normalized spacial score (nSPS) is 16.2. The summed E-state index contributed by atoms with van der Waals surface area (Å²) in [6, 6.07) is 15.3. The van der Waals surface area contributed by atoms with Gasteiger partial charge in [-0.25, -0.2) is 4.39 Å². The molecule has 1 aliphatic heterocycles. The first-order chi connectivity index (χ1) is 25.1. The number of hydrogen-bond acceptors (Lipinski definition) is 9. The maximum absolute atomic E-state index is 14.9. The standard InChI is InChI=1S/C41H54ClFN6O2S/c1-6-37-34(17-8-7-12-30-13-9-14-31-15-10-18-35(42)38(30)31)40(46-41(45-37)51-27-33-16-11-23-48(33)5)49(26-29(2)19-22-44)25-20-32(28-52)39(50)36(43)21-24-47(3)4/h9-10,13-15,18,21,28-29,32-33H,6-8,11-12,16-17,19-20,23-27H2,1-5H3/b36-21+/t29-,32?,33-/m0/s1. The predicted octanol–water partition coefficient (Wildman–Crippen LogP) is 8.23. The largest absolute Gasteiger partial charge is 0.462 e. The second-order valence-electron chi connectivity index (χ2n) is 14.3. The molecule has 0 N–H and O–H groups in total. The minimum Gasteiger partial charge on any atom is -0.462 e. The number of nitriles is 1. The van der Waals surface area contributed by atoms with Crippen molar-refractivity contribution in [3.63, 3.8) is 0 Å². The van der Waals surface area contributed by atoms with E-state index in [4.69, 9.17) is 38.5 Å². The molecule has 52 heavy (non-hydrogen) atoms. The van der Waals surface area contributed by atoms with Crippen LogP contribution in [0.2, 0.25) is 5.02 Å². The lowest BCUT2D eigenvalue weighted by atomic mass is 9.97. The van der Waals surface area contributed by atoms with E-state index in [1.165, 1.54) is 17.0 Å². The van der Waals surface area contributed by atoms with Gasteiger partial charge in [-0.05, 0) is 113 Å². The Morgan fingerprint density at radius 2 is 1.96 bits per heavy atom. The molecule has 2 aromatic carbocycles. The molecule has 1 saturated heterocycles. The number of unbranched alkanes of at least 4 members (excludes halogenated alkanes) is 1. The summed E-state index contributed by atoms with van der Waals surface area (Å²) in [5.41, 5.74) is 3.19. The summed E-state index contributed by atoms with van der Waals surface area (Å²) in [5, 5.41) is 13.9. The minimum atomic E-state index is -0.778. The van der Waals surface area contributed by atoms with Gasteiger partial charge in [-0.2, -0.15) is 15.2 Å². The first kappa shape index (κ1) is 41.3. The summed E-state index contributed by atoms with van der Waals surface area (Å²) in [4.78, 5) is 29.4. The molecule has 0 radical (unpaired) electrons. The van der Waals surface area contributed by atoms with Crippen LogP contribution in [0.5, 0.6) is 6.01 Å². The van der Waals surface area contributed by atoms with E-state index in [9.17, 15) is 14.4 Å². The molecule has 8 nitrogen and oxygen atoms in total. The van der Waals surface area contributed by atoms with Crippen LogP contribution < -0.4 is 9.64 Å². The number of halogens is 2. The van der Waals surface area contributed by atoms with Gasteiger partial charge in [0.25, 0.3) is 0 Å². The molecule has 1 aliphatic rings. The Hall–Kier alpha value is -3.49. The highest BCUT2D eigenvalue weighted by Crippen LogP contribution is 2.31. The number of hydrogen-bond donors (Lipinski definition) is 0. The Kier molecular flexibility index (Phi) is 16.4. The Labute approximate surface area is 320 Å². The number of rotatable bonds is 21. The van der Waals surface area contributed by atoms with Crippen molar-refractivity contribution in [1.82, 2.24) is 19.8 Å². The Morgan fingerprint density at radius 1 is 1.21 bits per heavy atom. The first-order valence-electron chi connectivity index (χ1n) is 18.6. The topological polar surface area (TPSA) is 85.6 Å². The van der Waals surface area contributed by atoms with Gasteiger partial charge < -0.3 is 19.4 Å². The zero-order valence-electron chi connectivity index (χ0n) is 31.4. The first-order valence-corrected chi connectivity index (χ1v) is 19.4. The average Bonchev–Trinajstić information content (AvgIpc) is 3.55. The quantitative estimate of drug-likeness (QED) is 0.0608. The summed E-state index contributed by atoms with van der Waals surface area (Å²) in [6.07, 6.45) is 8.30. The molecule has 0 saturated carbocycles. The van der Waals surface area contributed by atoms with E-state index in [-0.39, 0.29) is 5.92 Å². The molecular weight excluding hydrogens is 695 g/mol. The summed E-state index contributed by atoms with van der Waals surface area (Å²) >= 11 is 11.9. The third kappa shape index (κ3) is 11.5. The van der Waals surface area contributed by atoms with Gasteiger partial charge in [0, 0.05) is 48.1 Å². The van der Waals surface area contributed by atoms with E-state index in [0.29, 0.717) is 57.6 Å². The number of nitrogens with zero attached hydrogens (tertiary/aromatic N) is 6. The van der Waals surface area contributed by atoms with Crippen LogP contribution in [-0.4, -0.2) is 90.9 Å². The second kappa shape index (κ2) is 20.7. The maximum Gasteiger partial charge on any atom is 0.318 e. The van der Waals surface area contributed by atoms with E-state index in [1.54, 1.807) is 4.90 Å². The lowest BCUT2D eigenvalue weighted by Gasteiger charge is -2.30. The molecule has 1 fully saturated rings. The highest BCUT2D eigenvalue weighted by molar-refractivity contribution is 7.79. The molecule has 3 aromatic rings. The van der Waals surface area contributed by atoms with Crippen molar-refractivity contribution in [3.8, 4) is 12.1 Å². The van der Waals surface area contributed by atoms with Crippen LogP contribution in [0.25, 0.3) is 10.8 Å². The fraction of sp³-hybridized carbons (Fsp3) is 0.537. The molecule has 3 atom stereocenters. The van der Waals surface area contributed by atoms with E-state index in [2.05, 4.69) is 54.1 Å². The van der Waals surface area contributed by atoms with E-state index < -0.39 is 17.5 Å². The number of likely N-dealkylation sites (tertiary alicyclic amines) is 1. The van der Waals surface area contributed by atoms with Crippen molar-refractivity contribution in [1.29, 1.82) is 5.26 Å². The lowest BCUT2D eigenvalue weighted by Crippen LogP contribution is -2.34. The number of anilines is 1. The van der Waals surface area contributed by atoms with Crippen molar-refractivity contribution >= 4 is 51.6 Å². The van der Waals surface area contributed by atoms with Crippen LogP contribution in [0.15, 0.2) is 48.3 Å². The molecule has 0 aliphatic carbocycles. The Morgan fingerprint density at radius 3 is 2.63 bits per heavy atom. The minimum absolute atomic E-state index is 0.0175. The number of likely N-dealkylation sites (N-methyl/N-ethyl adjacent to an activating group) is 2. The van der Waals surface area contributed by atoms with Crippen molar-refractivity contribution in [2.24, 2.45) is 11.8 Å². The van der Waals surface area contributed by atoms with E-state index >= 15 is 0 Å². The van der Waals surface area contributed by atoms with Gasteiger partial charge >= 0.3 is 6.01 Å². The number of fused-ring (bicyclic) bond motifs is 1. The predicted molar refractivity (Wildman–Crippen MR) is 214 cm³/mol. The zero-order valence-corrected chi connectivity index (χ0v) is 33.0. The number of aryl methyl sites for hydroxylation is 2. The van der Waals surface area contributed by atoms with Crippen LogP contribution in [0.1, 0.15) is 69.2 Å². The van der Waals surface area contributed by atoms with Crippen molar-refractivity contribution in [2.75, 3.05) is 58.8 Å². The monoisotopic (exact) mass is 748 g/mol. The fourth-order valence-electron chi connectivity index (χ4n) is 6.90. The van der Waals surface area contributed by atoms with E-state index in [0.717, 1.165) is 77.9 Å². The number of allylic oxidation sites excluding steroid dienone is 1. The van der Waals surface area contributed by atoms with E-state index in [1.807, 2.05) is 33.2 Å². The van der Waals surface area contributed by atoms with Gasteiger partial charge in [-0.3, -0.25) is 4.79 Å². The van der Waals surface area contributed by atoms with Gasteiger partial charge in [0.05, 0.1) is 17.7 Å². The van der Waals surface area contributed by atoms with Crippen molar-refractivity contribution < 1.29 is 13.9 Å². The number of Topliss-reactive ketones (excluding diaryl/α,β-unsaturated/α-hetero) is 1. The zero-order chi connectivity index (χ0) is 37.6. The van der Waals surface area contributed by atoms with Crippen LogP contribution in [0.4, 0.5) is 10.2 Å². The van der Waals surface area contributed by atoms with Gasteiger partial charge in [-0.15, -0.1) is 0 Å². The number of aromatic nitrogens is 2. The molecule has 4 rings (SSSR count). The van der Waals surface area contributed by atoms with Gasteiger partial charge in [0.2, 0.25) is 0 Å². The number of ketones is 1. The fourth-order valence-corrected chi connectivity index (χ4v) is 7.47. The highest BCUT2D eigenvalue weighted by atomic mass is 35.5. The third-order valence-corrected chi connectivity index (χ3v) is 10.5. The second-order valence-corrected chi connectivity index (χ2v) is 15.0. The highest BCUT2D eigenvalue weighted by Gasteiger charge is 2.27. The van der Waals surface area contributed by atoms with Gasteiger partial charge in [0.1, 0.15) is 12.4 Å². The molecule has 2 heterocycles. The number of carbonyl (C=O) groups excluding carboxylic acids is 1. The molecule has 280 valence electrons. The summed E-state index contributed by atoms with van der Waals surface area (Å²) < 4.78 is 21.2. The summed E-state index contributed by atoms with van der Waals surface area (Å²) in [7, 11) is 5.75. The molecular formula is C41H54ClFN6O2S. The Balaban J connectivity index is 1.64. The third-order valence-electron chi connectivity index (χ3n) is 9.88. The molecule has 1 unspecified atom stereocenters. The van der Waals surface area contributed by atoms with Crippen molar-refractivity contribution in [3.05, 3.63) is 70.1 Å². The maximum atomic E-state index is 14.9. The number of carbonyl (C=O) groups is 1. The number of ether oxygens (including phenoxy) is 1. The van der Waals surface area contributed by atoms with Crippen LogP contribution in [0, 0.1) is 23.2 Å². The number of benzene rings is 2. The molecule has 0 spiro atoms. The van der Waals surface area contributed by atoms with Gasteiger partial charge in [-0.1, -0.05) is 68.0 Å². The molecule has 0 bridgehead atoms. The molecule has 0 amide bonds. The summed E-state index contributed by atoms with van der Waals surface area (Å²) in [6.45, 7) is 6.90. The van der Waals surface area contributed by atoms with Crippen molar-refractivity contribution in [2.45, 2.75) is 77.7 Å². The molecule has 1 aromatic heterocycles. The smallest absolute Gasteiger partial charge is 0.318 e. The number of thiocarbonyl (C=S) groups is 1. The van der Waals surface area contributed by atoms with Crippen LogP contribution in [-0.2, 0) is 24.1 Å². The molecule has 11 heteroatoms.